The van der Waals surface area contributed by atoms with Crippen LogP contribution in [0.1, 0.15) is 22.8 Å². The Bertz CT molecular complexity index is 819. The van der Waals surface area contributed by atoms with Gasteiger partial charge in [-0.25, -0.2) is 4.79 Å². The van der Waals surface area contributed by atoms with Gasteiger partial charge in [-0.05, 0) is 42.8 Å². The molecule has 0 spiro atoms. The first kappa shape index (κ1) is 17.6. The highest BCUT2D eigenvalue weighted by atomic mass is 16.7. The summed E-state index contributed by atoms with van der Waals surface area (Å²) in [6.45, 7) is 2.01. The highest BCUT2D eigenvalue weighted by Crippen LogP contribution is 2.32. The number of nitrogens with one attached hydrogen (secondary N) is 1. The molecule has 0 aromatic heterocycles. The van der Waals surface area contributed by atoms with Crippen molar-refractivity contribution in [2.75, 3.05) is 13.9 Å². The fourth-order valence-electron chi connectivity index (χ4n) is 2.42. The second-order valence-corrected chi connectivity index (χ2v) is 5.68. The van der Waals surface area contributed by atoms with E-state index in [1.807, 2.05) is 6.07 Å². The lowest BCUT2D eigenvalue weighted by atomic mass is 10.2. The molecule has 0 aliphatic carbocycles. The number of hydrogen-bond donors (Lipinski definition) is 1. The van der Waals surface area contributed by atoms with Crippen LogP contribution in [0.15, 0.2) is 42.5 Å². The monoisotopic (exact) mass is 357 g/mol. The molecule has 1 aliphatic rings. The predicted octanol–water partition coefficient (Wildman–Crippen LogP) is 2.29. The fraction of sp³-hybridized carbons (Fsp3) is 0.263. The van der Waals surface area contributed by atoms with Gasteiger partial charge >= 0.3 is 5.97 Å². The Hall–Kier alpha value is -3.22. The van der Waals surface area contributed by atoms with E-state index in [-0.39, 0.29) is 19.2 Å². The normalized spacial score (nSPS) is 13.0. The van der Waals surface area contributed by atoms with E-state index in [4.69, 9.17) is 18.9 Å². The van der Waals surface area contributed by atoms with E-state index in [1.54, 1.807) is 36.4 Å². The molecular weight excluding hydrogens is 338 g/mol. The number of esters is 1. The van der Waals surface area contributed by atoms with Crippen LogP contribution in [0.5, 0.6) is 17.2 Å². The van der Waals surface area contributed by atoms with Crippen LogP contribution in [0.25, 0.3) is 0 Å². The van der Waals surface area contributed by atoms with Crippen LogP contribution in [0.3, 0.4) is 0 Å². The van der Waals surface area contributed by atoms with Crippen LogP contribution in [0.2, 0.25) is 0 Å². The molecule has 7 heteroatoms. The third kappa shape index (κ3) is 4.05. The predicted molar refractivity (Wildman–Crippen MR) is 92.3 cm³/mol. The molecule has 0 bridgehead atoms. The second kappa shape index (κ2) is 7.77. The number of hydrogen-bond acceptors (Lipinski definition) is 6. The quantitative estimate of drug-likeness (QED) is 0.799. The zero-order valence-corrected chi connectivity index (χ0v) is 14.5. The van der Waals surface area contributed by atoms with Crippen LogP contribution < -0.4 is 19.5 Å². The van der Waals surface area contributed by atoms with Crippen LogP contribution in [-0.4, -0.2) is 31.9 Å². The molecule has 1 atom stereocenters. The van der Waals surface area contributed by atoms with Gasteiger partial charge in [-0.1, -0.05) is 12.1 Å². The summed E-state index contributed by atoms with van der Waals surface area (Å²) in [4.78, 5) is 24.3. The summed E-state index contributed by atoms with van der Waals surface area (Å²) in [7, 11) is 1.51. The number of fused-ring (bicyclic) bond motifs is 1. The second-order valence-electron chi connectivity index (χ2n) is 5.68. The molecule has 7 nitrogen and oxygen atoms in total. The van der Waals surface area contributed by atoms with Gasteiger partial charge in [-0.2, -0.15) is 0 Å². The Morgan fingerprint density at radius 3 is 2.77 bits per heavy atom. The minimum absolute atomic E-state index is 0.197. The molecule has 0 unspecified atom stereocenters. The zero-order valence-electron chi connectivity index (χ0n) is 14.5. The van der Waals surface area contributed by atoms with Gasteiger partial charge in [0, 0.05) is 6.54 Å². The summed E-state index contributed by atoms with van der Waals surface area (Å²) in [5.74, 6) is 0.891. The van der Waals surface area contributed by atoms with E-state index >= 15 is 0 Å². The first-order chi connectivity index (χ1) is 12.6. The molecule has 136 valence electrons. The topological polar surface area (TPSA) is 83.1 Å². The Morgan fingerprint density at radius 1 is 1.15 bits per heavy atom. The summed E-state index contributed by atoms with van der Waals surface area (Å²) in [5, 5.41) is 2.73. The number of ether oxygens (including phenoxy) is 4. The van der Waals surface area contributed by atoms with Crippen molar-refractivity contribution in [3.05, 3.63) is 53.6 Å². The molecule has 26 heavy (non-hydrogen) atoms. The fourth-order valence-corrected chi connectivity index (χ4v) is 2.42. The Morgan fingerprint density at radius 2 is 1.96 bits per heavy atom. The smallest absolute Gasteiger partial charge is 0.339 e. The Kier molecular flexibility index (Phi) is 5.26. The van der Waals surface area contributed by atoms with Crippen molar-refractivity contribution in [3.8, 4) is 17.2 Å². The lowest BCUT2D eigenvalue weighted by Gasteiger charge is -2.14. The molecule has 1 amide bonds. The summed E-state index contributed by atoms with van der Waals surface area (Å²) in [5.41, 5.74) is 1.17. The number of carbonyl (C=O) groups excluding carboxylic acids is 2. The summed E-state index contributed by atoms with van der Waals surface area (Å²) >= 11 is 0. The van der Waals surface area contributed by atoms with E-state index in [0.29, 0.717) is 22.8 Å². The molecule has 0 radical (unpaired) electrons. The number of amides is 1. The molecular formula is C19H19NO6. The highest BCUT2D eigenvalue weighted by molar-refractivity contribution is 5.92. The first-order valence-electron chi connectivity index (χ1n) is 8.08. The van der Waals surface area contributed by atoms with Gasteiger partial charge < -0.3 is 24.3 Å². The largest absolute Gasteiger partial charge is 0.497 e. The molecule has 1 N–H and O–H groups in total. The number of benzene rings is 2. The third-order valence-corrected chi connectivity index (χ3v) is 3.86. The third-order valence-electron chi connectivity index (χ3n) is 3.86. The average molecular weight is 357 g/mol. The van der Waals surface area contributed by atoms with Crippen molar-refractivity contribution >= 4 is 11.9 Å². The minimum atomic E-state index is -0.928. The number of methoxy groups -OCH3 is 1. The molecule has 2 aromatic rings. The van der Waals surface area contributed by atoms with E-state index in [1.165, 1.54) is 14.0 Å². The lowest BCUT2D eigenvalue weighted by molar-refractivity contribution is -0.129. The highest BCUT2D eigenvalue weighted by Gasteiger charge is 2.19. The molecule has 2 aromatic carbocycles. The van der Waals surface area contributed by atoms with Crippen molar-refractivity contribution < 1.29 is 28.5 Å². The summed E-state index contributed by atoms with van der Waals surface area (Å²) in [6.07, 6.45) is -0.928. The summed E-state index contributed by atoms with van der Waals surface area (Å²) < 4.78 is 20.8. The van der Waals surface area contributed by atoms with Crippen molar-refractivity contribution in [2.24, 2.45) is 0 Å². The first-order valence-corrected chi connectivity index (χ1v) is 8.08. The molecule has 1 aliphatic heterocycles. The maximum atomic E-state index is 12.2. The Balaban J connectivity index is 1.53. The van der Waals surface area contributed by atoms with Gasteiger partial charge in [-0.15, -0.1) is 0 Å². The number of rotatable bonds is 6. The van der Waals surface area contributed by atoms with E-state index < -0.39 is 12.1 Å². The zero-order chi connectivity index (χ0) is 18.5. The molecule has 0 saturated carbocycles. The van der Waals surface area contributed by atoms with Crippen molar-refractivity contribution in [1.82, 2.24) is 5.32 Å². The van der Waals surface area contributed by atoms with Gasteiger partial charge in [-0.3, -0.25) is 4.79 Å². The van der Waals surface area contributed by atoms with Crippen molar-refractivity contribution in [2.45, 2.75) is 19.6 Å². The SMILES string of the molecule is COc1cccc(C(=O)O[C@H](C)C(=O)NCc2ccc3c(c2)OCO3)c1. The van der Waals surface area contributed by atoms with Crippen molar-refractivity contribution in [3.63, 3.8) is 0 Å². The Labute approximate surface area is 150 Å². The van der Waals surface area contributed by atoms with E-state index in [0.717, 1.165) is 5.56 Å². The molecule has 3 rings (SSSR count). The molecule has 1 heterocycles. The standard InChI is InChI=1S/C19H19NO6/c1-12(26-19(22)14-4-3-5-15(9-14)23-2)18(21)20-10-13-6-7-16-17(8-13)25-11-24-16/h3-9,12H,10-11H2,1-2H3,(H,20,21)/t12-/m1/s1. The van der Waals surface area contributed by atoms with Crippen molar-refractivity contribution in [1.29, 1.82) is 0 Å². The van der Waals surface area contributed by atoms with Crippen LogP contribution in [0, 0.1) is 0 Å². The van der Waals surface area contributed by atoms with E-state index in [9.17, 15) is 9.59 Å². The van der Waals surface area contributed by atoms with Gasteiger partial charge in [0.15, 0.2) is 17.6 Å². The van der Waals surface area contributed by atoms with Gasteiger partial charge in [0.1, 0.15) is 5.75 Å². The van der Waals surface area contributed by atoms with Crippen LogP contribution in [-0.2, 0) is 16.1 Å². The lowest BCUT2D eigenvalue weighted by Crippen LogP contribution is -2.35. The van der Waals surface area contributed by atoms with Gasteiger partial charge in [0.25, 0.3) is 5.91 Å². The van der Waals surface area contributed by atoms with Gasteiger partial charge in [0.2, 0.25) is 6.79 Å². The average Bonchev–Trinajstić information content (AvgIpc) is 3.13. The van der Waals surface area contributed by atoms with Crippen LogP contribution in [0.4, 0.5) is 0 Å². The molecule has 0 fully saturated rings. The number of carbonyl (C=O) groups is 2. The van der Waals surface area contributed by atoms with Crippen LogP contribution >= 0.6 is 0 Å². The van der Waals surface area contributed by atoms with E-state index in [2.05, 4.69) is 5.32 Å². The van der Waals surface area contributed by atoms with Gasteiger partial charge in [0.05, 0.1) is 12.7 Å². The minimum Gasteiger partial charge on any atom is -0.497 e. The maximum Gasteiger partial charge on any atom is 0.339 e. The molecule has 0 saturated heterocycles. The maximum absolute atomic E-state index is 12.2. The summed E-state index contributed by atoms with van der Waals surface area (Å²) in [6, 6.07) is 12.0.